The van der Waals surface area contributed by atoms with E-state index in [1.165, 1.54) is 17.9 Å². The van der Waals surface area contributed by atoms with Crippen molar-refractivity contribution in [3.8, 4) is 22.8 Å². The Hall–Kier alpha value is -3.61. The lowest BCUT2D eigenvalue weighted by Crippen LogP contribution is -2.33. The van der Waals surface area contributed by atoms with Gasteiger partial charge in [-0.1, -0.05) is 17.7 Å². The third kappa shape index (κ3) is 4.35. The molecule has 1 heterocycles. The standard InChI is InChI=1S/C23H25N3O4/c1-14-6-7-15(2)18(12-14)19-9-11-22(27)26(25-19)16(3)23(28)24-17-8-10-20(29-4)21(13-17)30-5/h6-13,16H,1-5H3,(H,24,28). The molecular weight excluding hydrogens is 382 g/mol. The summed E-state index contributed by atoms with van der Waals surface area (Å²) in [6.07, 6.45) is 0. The Morgan fingerprint density at radius 3 is 2.43 bits per heavy atom. The summed E-state index contributed by atoms with van der Waals surface area (Å²) in [5, 5.41) is 7.27. The van der Waals surface area contributed by atoms with Crippen molar-refractivity contribution in [3.63, 3.8) is 0 Å². The van der Waals surface area contributed by atoms with Gasteiger partial charge >= 0.3 is 0 Å². The van der Waals surface area contributed by atoms with Crippen molar-refractivity contribution in [2.75, 3.05) is 19.5 Å². The topological polar surface area (TPSA) is 82.5 Å². The number of anilines is 1. The third-order valence-corrected chi connectivity index (χ3v) is 4.89. The van der Waals surface area contributed by atoms with Gasteiger partial charge < -0.3 is 14.8 Å². The SMILES string of the molecule is COc1ccc(NC(=O)C(C)n2nc(-c3cc(C)ccc3C)ccc2=O)cc1OC. The van der Waals surface area contributed by atoms with E-state index in [1.807, 2.05) is 32.0 Å². The molecule has 1 N–H and O–H groups in total. The van der Waals surface area contributed by atoms with Crippen LogP contribution in [0.4, 0.5) is 5.69 Å². The monoisotopic (exact) mass is 407 g/mol. The lowest BCUT2D eigenvalue weighted by Gasteiger charge is -2.16. The quantitative estimate of drug-likeness (QED) is 0.673. The molecule has 7 heteroatoms. The fourth-order valence-electron chi connectivity index (χ4n) is 3.13. The van der Waals surface area contributed by atoms with Crippen LogP contribution >= 0.6 is 0 Å². The third-order valence-electron chi connectivity index (χ3n) is 4.89. The molecule has 1 amide bonds. The van der Waals surface area contributed by atoms with Crippen molar-refractivity contribution in [3.05, 3.63) is 70.0 Å². The van der Waals surface area contributed by atoms with Crippen LogP contribution < -0.4 is 20.3 Å². The maximum Gasteiger partial charge on any atom is 0.267 e. The molecular formula is C23H25N3O4. The first-order chi connectivity index (χ1) is 14.3. The van der Waals surface area contributed by atoms with Crippen LogP contribution in [0.5, 0.6) is 11.5 Å². The maximum absolute atomic E-state index is 12.8. The largest absolute Gasteiger partial charge is 0.493 e. The molecule has 1 unspecified atom stereocenters. The van der Waals surface area contributed by atoms with Crippen LogP contribution in [0.15, 0.2) is 53.3 Å². The molecule has 0 aliphatic heterocycles. The number of benzene rings is 2. The van der Waals surface area contributed by atoms with Crippen molar-refractivity contribution in [2.24, 2.45) is 0 Å². The van der Waals surface area contributed by atoms with Gasteiger partial charge in [-0.3, -0.25) is 9.59 Å². The van der Waals surface area contributed by atoms with E-state index >= 15 is 0 Å². The molecule has 0 fully saturated rings. The van der Waals surface area contributed by atoms with Crippen molar-refractivity contribution in [1.82, 2.24) is 9.78 Å². The van der Waals surface area contributed by atoms with Crippen molar-refractivity contribution in [1.29, 1.82) is 0 Å². The second-order valence-electron chi connectivity index (χ2n) is 7.05. The molecule has 7 nitrogen and oxygen atoms in total. The Bertz CT molecular complexity index is 1140. The highest BCUT2D eigenvalue weighted by Crippen LogP contribution is 2.30. The molecule has 0 bridgehead atoms. The lowest BCUT2D eigenvalue weighted by molar-refractivity contribution is -0.119. The van der Waals surface area contributed by atoms with Crippen molar-refractivity contribution in [2.45, 2.75) is 26.8 Å². The lowest BCUT2D eigenvalue weighted by atomic mass is 10.0. The molecule has 0 saturated heterocycles. The number of aryl methyl sites for hydroxylation is 2. The van der Waals surface area contributed by atoms with E-state index in [2.05, 4.69) is 10.4 Å². The molecule has 1 aromatic heterocycles. The van der Waals surface area contributed by atoms with Crippen LogP contribution in [0, 0.1) is 13.8 Å². The fourth-order valence-corrected chi connectivity index (χ4v) is 3.13. The van der Waals surface area contributed by atoms with Gasteiger partial charge in [0.05, 0.1) is 19.9 Å². The molecule has 2 aromatic carbocycles. The van der Waals surface area contributed by atoms with E-state index in [0.29, 0.717) is 22.9 Å². The number of hydrogen-bond donors (Lipinski definition) is 1. The summed E-state index contributed by atoms with van der Waals surface area (Å²) >= 11 is 0. The number of hydrogen-bond acceptors (Lipinski definition) is 5. The first kappa shape index (κ1) is 21.1. The normalized spacial score (nSPS) is 11.6. The number of nitrogens with one attached hydrogen (secondary N) is 1. The zero-order valence-electron chi connectivity index (χ0n) is 17.7. The van der Waals surface area contributed by atoms with Crippen molar-refractivity contribution < 1.29 is 14.3 Å². The number of aromatic nitrogens is 2. The van der Waals surface area contributed by atoms with Gasteiger partial charge in [-0.05, 0) is 50.6 Å². The average Bonchev–Trinajstić information content (AvgIpc) is 2.75. The fraction of sp³-hybridized carbons (Fsp3) is 0.261. The highest BCUT2D eigenvalue weighted by atomic mass is 16.5. The van der Waals surface area contributed by atoms with Crippen LogP contribution in [-0.2, 0) is 4.79 Å². The Balaban J connectivity index is 1.89. The average molecular weight is 407 g/mol. The van der Waals surface area contributed by atoms with Gasteiger partial charge in [0.15, 0.2) is 11.5 Å². The predicted molar refractivity (Wildman–Crippen MR) is 116 cm³/mol. The number of carbonyl (C=O) groups is 1. The minimum atomic E-state index is -0.810. The molecule has 3 aromatic rings. The first-order valence-corrected chi connectivity index (χ1v) is 9.54. The van der Waals surface area contributed by atoms with E-state index in [9.17, 15) is 9.59 Å². The van der Waals surface area contributed by atoms with Crippen LogP contribution in [0.2, 0.25) is 0 Å². The Morgan fingerprint density at radius 2 is 1.73 bits per heavy atom. The number of amides is 1. The zero-order chi connectivity index (χ0) is 21.8. The summed E-state index contributed by atoms with van der Waals surface area (Å²) in [5.41, 5.74) is 3.88. The minimum Gasteiger partial charge on any atom is -0.493 e. The molecule has 3 rings (SSSR count). The molecule has 0 spiro atoms. The number of ether oxygens (including phenoxy) is 2. The predicted octanol–water partition coefficient (Wildman–Crippen LogP) is 3.74. The Morgan fingerprint density at radius 1 is 1.00 bits per heavy atom. The first-order valence-electron chi connectivity index (χ1n) is 9.54. The second-order valence-corrected chi connectivity index (χ2v) is 7.05. The van der Waals surface area contributed by atoms with E-state index in [-0.39, 0.29) is 11.5 Å². The van der Waals surface area contributed by atoms with Gasteiger partial charge in [0.25, 0.3) is 5.56 Å². The van der Waals surface area contributed by atoms with Crippen LogP contribution in [0.25, 0.3) is 11.3 Å². The van der Waals surface area contributed by atoms with E-state index in [1.54, 1.807) is 38.3 Å². The molecule has 0 aliphatic carbocycles. The molecule has 0 aliphatic rings. The summed E-state index contributed by atoms with van der Waals surface area (Å²) in [7, 11) is 3.06. The number of methoxy groups -OCH3 is 2. The zero-order valence-corrected chi connectivity index (χ0v) is 17.7. The number of carbonyl (C=O) groups excluding carboxylic acids is 1. The Labute approximate surface area is 175 Å². The van der Waals surface area contributed by atoms with Gasteiger partial charge in [-0.15, -0.1) is 0 Å². The van der Waals surface area contributed by atoms with Gasteiger partial charge in [0, 0.05) is 23.4 Å². The summed E-state index contributed by atoms with van der Waals surface area (Å²) in [4.78, 5) is 25.2. The highest BCUT2D eigenvalue weighted by Gasteiger charge is 2.19. The highest BCUT2D eigenvalue weighted by molar-refractivity contribution is 5.93. The summed E-state index contributed by atoms with van der Waals surface area (Å²) < 4.78 is 11.7. The number of rotatable bonds is 6. The molecule has 156 valence electrons. The van der Waals surface area contributed by atoms with Gasteiger partial charge in [0.2, 0.25) is 5.91 Å². The maximum atomic E-state index is 12.8. The van der Waals surface area contributed by atoms with E-state index in [0.717, 1.165) is 16.7 Å². The molecule has 0 radical (unpaired) electrons. The van der Waals surface area contributed by atoms with Crippen LogP contribution in [-0.4, -0.2) is 29.9 Å². The van der Waals surface area contributed by atoms with Gasteiger partial charge in [0.1, 0.15) is 6.04 Å². The molecule has 1 atom stereocenters. The van der Waals surface area contributed by atoms with Crippen LogP contribution in [0.1, 0.15) is 24.1 Å². The van der Waals surface area contributed by atoms with Crippen molar-refractivity contribution >= 4 is 11.6 Å². The summed E-state index contributed by atoms with van der Waals surface area (Å²) in [6.45, 7) is 5.62. The molecule has 0 saturated carbocycles. The van der Waals surface area contributed by atoms with Crippen LogP contribution in [0.3, 0.4) is 0 Å². The smallest absolute Gasteiger partial charge is 0.267 e. The molecule has 30 heavy (non-hydrogen) atoms. The summed E-state index contributed by atoms with van der Waals surface area (Å²) in [5.74, 6) is 0.688. The summed E-state index contributed by atoms with van der Waals surface area (Å²) in [6, 6.07) is 13.4. The second kappa shape index (κ2) is 8.82. The minimum absolute atomic E-state index is 0.348. The van der Waals surface area contributed by atoms with Gasteiger partial charge in [-0.25, -0.2) is 4.68 Å². The van der Waals surface area contributed by atoms with E-state index < -0.39 is 6.04 Å². The number of nitrogens with zero attached hydrogens (tertiary/aromatic N) is 2. The van der Waals surface area contributed by atoms with Gasteiger partial charge in [-0.2, -0.15) is 5.10 Å². The van der Waals surface area contributed by atoms with E-state index in [4.69, 9.17) is 9.47 Å². The Kier molecular flexibility index (Phi) is 6.20.